The number of carbonyl (C=O) groups is 1. The lowest BCUT2D eigenvalue weighted by Gasteiger charge is -1.97. The minimum absolute atomic E-state index is 0.196. The number of benzene rings is 1. The highest BCUT2D eigenvalue weighted by Gasteiger charge is 2.38. The molecule has 0 N–H and O–H groups in total. The summed E-state index contributed by atoms with van der Waals surface area (Å²) in [6, 6.07) is 5.72. The number of halogens is 3. The lowest BCUT2D eigenvalue weighted by Crippen LogP contribution is -2.04. The second-order valence-electron chi connectivity index (χ2n) is 3.70. The maximum Gasteiger partial charge on any atom is 0.471 e. The van der Waals surface area contributed by atoms with Gasteiger partial charge in [-0.1, -0.05) is 23.2 Å². The van der Waals surface area contributed by atoms with Crippen molar-refractivity contribution in [3.63, 3.8) is 0 Å². The molecule has 0 aliphatic heterocycles. The van der Waals surface area contributed by atoms with E-state index in [0.29, 0.717) is 11.1 Å². The van der Waals surface area contributed by atoms with Gasteiger partial charge in [0.05, 0.1) is 0 Å². The molecule has 0 atom stereocenters. The van der Waals surface area contributed by atoms with Crippen molar-refractivity contribution in [2.24, 2.45) is 0 Å². The Balaban J connectivity index is 2.28. The van der Waals surface area contributed by atoms with Crippen LogP contribution in [-0.4, -0.2) is 15.9 Å². The lowest BCUT2D eigenvalue weighted by molar-refractivity contribution is -0.159. The van der Waals surface area contributed by atoms with Crippen molar-refractivity contribution in [3.05, 3.63) is 35.7 Å². The molecule has 1 heterocycles. The summed E-state index contributed by atoms with van der Waals surface area (Å²) < 4.78 is 41.1. The van der Waals surface area contributed by atoms with Crippen LogP contribution < -0.4 is 0 Å². The molecular formula is C13H7F3N2O2. The van der Waals surface area contributed by atoms with Crippen molar-refractivity contribution in [2.75, 3.05) is 0 Å². The summed E-state index contributed by atoms with van der Waals surface area (Å²) in [4.78, 5) is 14.7. The van der Waals surface area contributed by atoms with Crippen molar-refractivity contribution in [2.45, 2.75) is 13.1 Å². The second-order valence-corrected chi connectivity index (χ2v) is 3.70. The van der Waals surface area contributed by atoms with Gasteiger partial charge in [-0.3, -0.25) is 4.79 Å². The number of Topliss-reactive ketones (excluding diaryl/α,β-unsaturated/α-hetero) is 1. The summed E-state index contributed by atoms with van der Waals surface area (Å²) in [6.45, 7) is 1.53. The van der Waals surface area contributed by atoms with E-state index in [1.807, 2.05) is 0 Å². The zero-order valence-electron chi connectivity index (χ0n) is 10.2. The molecule has 0 radical (unpaired) electrons. The van der Waals surface area contributed by atoms with Crippen LogP contribution in [0.2, 0.25) is 0 Å². The molecule has 0 aliphatic rings. The van der Waals surface area contributed by atoms with Crippen LogP contribution >= 0.6 is 0 Å². The minimum Gasteiger partial charge on any atom is -0.329 e. The summed E-state index contributed by atoms with van der Waals surface area (Å²) in [5, 5.41) is 3.24. The fraction of sp³-hybridized carbons (Fsp3) is 0.154. The fourth-order valence-corrected chi connectivity index (χ4v) is 1.41. The summed E-state index contributed by atoms with van der Waals surface area (Å²) in [5.41, 5.74) is 0.646. The van der Waals surface area contributed by atoms with E-state index >= 15 is 0 Å². The van der Waals surface area contributed by atoms with E-state index in [9.17, 15) is 18.0 Å². The molecule has 102 valence electrons. The van der Waals surface area contributed by atoms with Gasteiger partial charge in [0, 0.05) is 11.1 Å². The molecule has 0 saturated heterocycles. The molecule has 0 aliphatic carbocycles. The van der Waals surface area contributed by atoms with E-state index < -0.39 is 12.1 Å². The number of alkyl halides is 3. The normalized spacial score (nSPS) is 10.8. The van der Waals surface area contributed by atoms with Crippen LogP contribution in [0.3, 0.4) is 0 Å². The van der Waals surface area contributed by atoms with Crippen LogP contribution in [0.25, 0.3) is 11.4 Å². The van der Waals surface area contributed by atoms with Gasteiger partial charge in [-0.05, 0) is 25.0 Å². The van der Waals surface area contributed by atoms with E-state index in [1.165, 1.54) is 31.2 Å². The molecule has 1 aromatic carbocycles. The van der Waals surface area contributed by atoms with Crippen molar-refractivity contribution in [1.29, 1.82) is 0 Å². The van der Waals surface area contributed by atoms with Crippen LogP contribution in [0.5, 0.6) is 0 Å². The Hall–Kier alpha value is -2.62. The quantitative estimate of drug-likeness (QED) is 0.482. The van der Waals surface area contributed by atoms with Gasteiger partial charge in [0.2, 0.25) is 11.6 Å². The van der Waals surface area contributed by atoms with Gasteiger partial charge < -0.3 is 4.52 Å². The largest absolute Gasteiger partial charge is 0.471 e. The molecule has 2 rings (SSSR count). The van der Waals surface area contributed by atoms with Crippen LogP contribution in [0, 0.1) is 11.8 Å². The Morgan fingerprint density at radius 2 is 1.90 bits per heavy atom. The van der Waals surface area contributed by atoms with Gasteiger partial charge in [-0.15, -0.1) is 0 Å². The maximum atomic E-state index is 12.3. The molecular weight excluding hydrogens is 273 g/mol. The smallest absolute Gasteiger partial charge is 0.329 e. The van der Waals surface area contributed by atoms with Gasteiger partial charge in [0.1, 0.15) is 0 Å². The third-order valence-electron chi connectivity index (χ3n) is 2.31. The van der Waals surface area contributed by atoms with Crippen LogP contribution in [-0.2, 0) is 6.18 Å². The topological polar surface area (TPSA) is 56.0 Å². The third kappa shape index (κ3) is 2.85. The summed E-state index contributed by atoms with van der Waals surface area (Å²) in [6.07, 6.45) is -4.68. The summed E-state index contributed by atoms with van der Waals surface area (Å²) in [7, 11) is 0. The molecule has 0 unspecified atom stereocenters. The van der Waals surface area contributed by atoms with Gasteiger partial charge in [0.25, 0.3) is 0 Å². The van der Waals surface area contributed by atoms with Crippen molar-refractivity contribution >= 4 is 5.78 Å². The standard InChI is InChI=1S/C13H7F3N2O2/c1-2-3-10(19)8-4-6-9(7-5-8)11-17-12(20-18-11)13(14,15)16/h4-7H,1H3. The molecule has 0 amide bonds. The predicted octanol–water partition coefficient (Wildman–Crippen LogP) is 2.96. The zero-order chi connectivity index (χ0) is 14.8. The molecule has 7 heteroatoms. The Bertz CT molecular complexity index is 691. The second kappa shape index (κ2) is 5.17. The highest BCUT2D eigenvalue weighted by atomic mass is 19.4. The number of carbonyl (C=O) groups excluding carboxylic acids is 1. The zero-order valence-corrected chi connectivity index (χ0v) is 10.2. The monoisotopic (exact) mass is 280 g/mol. The number of rotatable bonds is 2. The predicted molar refractivity (Wildman–Crippen MR) is 62.5 cm³/mol. The summed E-state index contributed by atoms with van der Waals surface area (Å²) >= 11 is 0. The number of aromatic nitrogens is 2. The van der Waals surface area contributed by atoms with E-state index in [0.717, 1.165) is 0 Å². The lowest BCUT2D eigenvalue weighted by atomic mass is 10.1. The molecule has 4 nitrogen and oxygen atoms in total. The van der Waals surface area contributed by atoms with Gasteiger partial charge in [-0.2, -0.15) is 18.2 Å². The van der Waals surface area contributed by atoms with Crippen LogP contribution in [0.15, 0.2) is 28.8 Å². The first-order chi connectivity index (χ1) is 9.41. The number of hydrogen-bond donors (Lipinski definition) is 0. The van der Waals surface area contributed by atoms with E-state index in [-0.39, 0.29) is 11.6 Å². The molecule has 20 heavy (non-hydrogen) atoms. The van der Waals surface area contributed by atoms with Gasteiger partial charge in [0.15, 0.2) is 0 Å². The third-order valence-corrected chi connectivity index (χ3v) is 2.31. The van der Waals surface area contributed by atoms with Crippen LogP contribution in [0.1, 0.15) is 23.2 Å². The molecule has 0 spiro atoms. The van der Waals surface area contributed by atoms with E-state index in [4.69, 9.17) is 0 Å². The van der Waals surface area contributed by atoms with Crippen molar-refractivity contribution in [3.8, 4) is 23.2 Å². The SMILES string of the molecule is CC#CC(=O)c1ccc(-c2noc(C(F)(F)F)n2)cc1. The van der Waals surface area contributed by atoms with E-state index in [1.54, 1.807) is 0 Å². The van der Waals surface area contributed by atoms with Crippen molar-refractivity contribution < 1.29 is 22.5 Å². The first-order valence-corrected chi connectivity index (χ1v) is 5.40. The minimum atomic E-state index is -4.68. The van der Waals surface area contributed by atoms with E-state index in [2.05, 4.69) is 26.5 Å². The number of hydrogen-bond acceptors (Lipinski definition) is 4. The molecule has 2 aromatic rings. The number of ketones is 1. The first-order valence-electron chi connectivity index (χ1n) is 5.40. The Morgan fingerprint density at radius 1 is 1.25 bits per heavy atom. The highest BCUT2D eigenvalue weighted by Crippen LogP contribution is 2.29. The number of nitrogens with zero attached hydrogens (tertiary/aromatic N) is 2. The maximum absolute atomic E-state index is 12.3. The highest BCUT2D eigenvalue weighted by molar-refractivity contribution is 6.09. The average molecular weight is 280 g/mol. The Labute approximate surface area is 111 Å². The molecule has 1 aromatic heterocycles. The molecule has 0 bridgehead atoms. The Kier molecular flexibility index (Phi) is 3.57. The van der Waals surface area contributed by atoms with Crippen molar-refractivity contribution in [1.82, 2.24) is 10.1 Å². The fourth-order valence-electron chi connectivity index (χ4n) is 1.41. The summed E-state index contributed by atoms with van der Waals surface area (Å²) in [5.74, 6) is 2.84. The first kappa shape index (κ1) is 13.8. The Morgan fingerprint density at radius 3 is 2.40 bits per heavy atom. The van der Waals surface area contributed by atoms with Crippen LogP contribution in [0.4, 0.5) is 13.2 Å². The van der Waals surface area contributed by atoms with Gasteiger partial charge in [-0.25, -0.2) is 0 Å². The average Bonchev–Trinajstić information content (AvgIpc) is 2.89. The molecule has 0 fully saturated rings. The molecule has 0 saturated carbocycles. The van der Waals surface area contributed by atoms with Gasteiger partial charge >= 0.3 is 12.1 Å².